The second-order valence-electron chi connectivity index (χ2n) is 10.6. The molecule has 12 heteroatoms. The molecule has 3 N–H and O–H groups in total. The molecule has 3 aromatic rings. The highest BCUT2D eigenvalue weighted by Gasteiger charge is 2.38. The number of ether oxygens (including phenoxy) is 1. The molecule has 1 fully saturated rings. The number of sulfonamides is 1. The van der Waals surface area contributed by atoms with Gasteiger partial charge in [-0.3, -0.25) is 4.98 Å². The van der Waals surface area contributed by atoms with Crippen molar-refractivity contribution >= 4 is 43.3 Å². The van der Waals surface area contributed by atoms with Crippen LogP contribution in [0.1, 0.15) is 51.4 Å². The van der Waals surface area contributed by atoms with Gasteiger partial charge in [0, 0.05) is 30.9 Å². The number of methoxy groups -OCH3 is 1. The molecule has 3 unspecified atom stereocenters. The molecule has 3 atom stereocenters. The van der Waals surface area contributed by atoms with Gasteiger partial charge in [0.25, 0.3) is 0 Å². The Morgan fingerprint density at radius 2 is 1.95 bits per heavy atom. The van der Waals surface area contributed by atoms with Crippen molar-refractivity contribution in [1.82, 2.24) is 24.7 Å². The van der Waals surface area contributed by atoms with Crippen LogP contribution >= 0.6 is 11.3 Å². The Morgan fingerprint density at radius 3 is 2.62 bits per heavy atom. The highest BCUT2D eigenvalue weighted by Crippen LogP contribution is 2.40. The fraction of sp³-hybridized carbons (Fsp3) is 0.600. The maximum absolute atomic E-state index is 11.9. The molecule has 1 saturated carbocycles. The van der Waals surface area contributed by atoms with Gasteiger partial charge in [-0.1, -0.05) is 0 Å². The molecular weight excluding hydrogens is 510 g/mol. The fourth-order valence-electron chi connectivity index (χ4n) is 5.12. The van der Waals surface area contributed by atoms with Gasteiger partial charge in [0.1, 0.15) is 16.3 Å². The molecule has 10 nitrogen and oxygen atoms in total. The first-order valence-electron chi connectivity index (χ1n) is 12.5. The minimum absolute atomic E-state index is 0.0398. The van der Waals surface area contributed by atoms with Gasteiger partial charge >= 0.3 is 0 Å². The molecule has 4 rings (SSSR count). The number of hydrogen-bond acceptors (Lipinski definition) is 10. The second kappa shape index (κ2) is 10.8. The van der Waals surface area contributed by atoms with Crippen molar-refractivity contribution in [3.05, 3.63) is 23.7 Å². The molecule has 3 heterocycles. The zero-order valence-electron chi connectivity index (χ0n) is 22.5. The Labute approximate surface area is 223 Å². The average molecular weight is 548 g/mol. The zero-order chi connectivity index (χ0) is 27.0. The average Bonchev–Trinajstić information content (AvgIpc) is 3.40. The largest absolute Gasteiger partial charge is 0.383 e. The van der Waals surface area contributed by atoms with Gasteiger partial charge in [0.2, 0.25) is 16.0 Å². The van der Waals surface area contributed by atoms with E-state index in [9.17, 15) is 8.42 Å². The lowest BCUT2D eigenvalue weighted by molar-refractivity contribution is 0.190. The predicted molar refractivity (Wildman–Crippen MR) is 150 cm³/mol. The van der Waals surface area contributed by atoms with E-state index in [0.29, 0.717) is 12.6 Å². The first kappa shape index (κ1) is 27.6. The summed E-state index contributed by atoms with van der Waals surface area (Å²) in [6, 6.07) is 2.16. The SMILES string of the molecule is COCC(C)Nc1nc(C)c(-c2nc3c(C)nccc3s2)c(NC2CCC(C(C)(C)NS(C)(=O)=O)C2)n1. The van der Waals surface area contributed by atoms with E-state index in [-0.39, 0.29) is 18.0 Å². The lowest BCUT2D eigenvalue weighted by Gasteiger charge is -2.32. The van der Waals surface area contributed by atoms with Crippen LogP contribution in [0.3, 0.4) is 0 Å². The van der Waals surface area contributed by atoms with Gasteiger partial charge < -0.3 is 15.4 Å². The minimum Gasteiger partial charge on any atom is -0.383 e. The standard InChI is InChI=1S/C25H37N7O3S2/c1-14(13-35-6)27-24-28-15(2)20(23-30-21-16(3)26-11-10-19(21)36-23)22(31-24)29-18-9-8-17(12-18)25(4,5)32-37(7,33)34/h10-11,14,17-18,32H,8-9,12-13H2,1-7H3,(H2,27,28,29,31). The third-order valence-corrected chi connectivity index (χ3v) is 8.76. The number of pyridine rings is 1. The van der Waals surface area contributed by atoms with Crippen molar-refractivity contribution in [2.75, 3.05) is 30.6 Å². The van der Waals surface area contributed by atoms with Crippen molar-refractivity contribution in [3.8, 4) is 10.6 Å². The molecule has 37 heavy (non-hydrogen) atoms. The van der Waals surface area contributed by atoms with Gasteiger partial charge in [-0.2, -0.15) is 4.98 Å². The summed E-state index contributed by atoms with van der Waals surface area (Å²) in [5.74, 6) is 1.45. The van der Waals surface area contributed by atoms with E-state index < -0.39 is 15.6 Å². The number of aromatic nitrogens is 4. The van der Waals surface area contributed by atoms with Crippen LogP contribution < -0.4 is 15.4 Å². The summed E-state index contributed by atoms with van der Waals surface area (Å²) in [7, 11) is -1.64. The molecule has 0 spiro atoms. The Hall–Kier alpha value is -2.41. The van der Waals surface area contributed by atoms with Crippen molar-refractivity contribution < 1.29 is 13.2 Å². The molecule has 0 bridgehead atoms. The topological polar surface area (TPSA) is 131 Å². The summed E-state index contributed by atoms with van der Waals surface area (Å²) < 4.78 is 33.0. The van der Waals surface area contributed by atoms with Crippen LogP contribution in [0.15, 0.2) is 12.3 Å². The molecule has 0 aliphatic heterocycles. The summed E-state index contributed by atoms with van der Waals surface area (Å²) in [5.41, 5.74) is 2.94. The Balaban J connectivity index is 1.67. The monoisotopic (exact) mass is 547 g/mol. The maximum atomic E-state index is 11.9. The summed E-state index contributed by atoms with van der Waals surface area (Å²) in [6.07, 6.45) is 5.66. The van der Waals surface area contributed by atoms with E-state index in [4.69, 9.17) is 19.7 Å². The molecule has 0 aromatic carbocycles. The van der Waals surface area contributed by atoms with E-state index in [1.54, 1.807) is 24.6 Å². The zero-order valence-corrected chi connectivity index (χ0v) is 24.2. The van der Waals surface area contributed by atoms with Gasteiger partial charge in [-0.15, -0.1) is 11.3 Å². The Kier molecular flexibility index (Phi) is 8.03. The number of nitrogens with one attached hydrogen (secondary N) is 3. The van der Waals surface area contributed by atoms with Crippen LogP contribution in [0.25, 0.3) is 20.8 Å². The van der Waals surface area contributed by atoms with Crippen LogP contribution in [0, 0.1) is 19.8 Å². The number of rotatable bonds is 10. The Morgan fingerprint density at radius 1 is 1.19 bits per heavy atom. The molecule has 0 amide bonds. The van der Waals surface area contributed by atoms with Crippen LogP contribution in [-0.4, -0.2) is 65.9 Å². The van der Waals surface area contributed by atoms with Crippen molar-refractivity contribution in [3.63, 3.8) is 0 Å². The van der Waals surface area contributed by atoms with E-state index in [2.05, 4.69) is 20.3 Å². The molecule has 3 aromatic heterocycles. The van der Waals surface area contributed by atoms with E-state index in [0.717, 1.165) is 57.3 Å². The molecule has 0 saturated heterocycles. The third-order valence-electron chi connectivity index (χ3n) is 6.83. The first-order valence-corrected chi connectivity index (χ1v) is 15.2. The van der Waals surface area contributed by atoms with Crippen molar-refractivity contribution in [2.24, 2.45) is 5.92 Å². The fourth-order valence-corrected chi connectivity index (χ4v) is 7.35. The molecule has 1 aliphatic carbocycles. The summed E-state index contributed by atoms with van der Waals surface area (Å²) >= 11 is 1.60. The summed E-state index contributed by atoms with van der Waals surface area (Å²) in [5, 5.41) is 7.84. The quantitative estimate of drug-likeness (QED) is 0.343. The van der Waals surface area contributed by atoms with Crippen LogP contribution in [0.2, 0.25) is 0 Å². The van der Waals surface area contributed by atoms with Gasteiger partial charge in [0.05, 0.1) is 34.5 Å². The third kappa shape index (κ3) is 6.54. The number of thiazole rings is 1. The van der Waals surface area contributed by atoms with Gasteiger partial charge in [-0.05, 0) is 65.9 Å². The van der Waals surface area contributed by atoms with Crippen LogP contribution in [-0.2, 0) is 14.8 Å². The smallest absolute Gasteiger partial charge is 0.225 e. The first-order chi connectivity index (χ1) is 17.4. The highest BCUT2D eigenvalue weighted by atomic mass is 32.2. The number of aryl methyl sites for hydroxylation is 2. The van der Waals surface area contributed by atoms with Gasteiger partial charge in [0.15, 0.2) is 0 Å². The molecule has 202 valence electrons. The summed E-state index contributed by atoms with van der Waals surface area (Å²) in [6.45, 7) is 10.4. The normalized spacial score (nSPS) is 19.3. The lowest BCUT2D eigenvalue weighted by atomic mass is 9.87. The van der Waals surface area contributed by atoms with Crippen LogP contribution in [0.5, 0.6) is 0 Å². The summed E-state index contributed by atoms with van der Waals surface area (Å²) in [4.78, 5) is 18.9. The van der Waals surface area contributed by atoms with E-state index in [1.165, 1.54) is 6.26 Å². The number of hydrogen-bond donors (Lipinski definition) is 3. The number of fused-ring (bicyclic) bond motifs is 1. The van der Waals surface area contributed by atoms with E-state index in [1.807, 2.05) is 40.7 Å². The van der Waals surface area contributed by atoms with Crippen LogP contribution in [0.4, 0.5) is 11.8 Å². The molecular formula is C25H37N7O3S2. The maximum Gasteiger partial charge on any atom is 0.225 e. The Bertz CT molecular complexity index is 1370. The van der Waals surface area contributed by atoms with Gasteiger partial charge in [-0.25, -0.2) is 23.1 Å². The minimum atomic E-state index is -3.30. The molecule has 0 radical (unpaired) electrons. The molecule has 1 aliphatic rings. The van der Waals surface area contributed by atoms with Crippen molar-refractivity contribution in [1.29, 1.82) is 0 Å². The lowest BCUT2D eigenvalue weighted by Crippen LogP contribution is -2.48. The highest BCUT2D eigenvalue weighted by molar-refractivity contribution is 7.88. The van der Waals surface area contributed by atoms with E-state index >= 15 is 0 Å². The second-order valence-corrected chi connectivity index (χ2v) is 13.3. The number of nitrogens with zero attached hydrogens (tertiary/aromatic N) is 4. The predicted octanol–water partition coefficient (Wildman–Crippen LogP) is 4.12. The number of anilines is 2. The van der Waals surface area contributed by atoms with Crippen molar-refractivity contribution in [2.45, 2.75) is 71.5 Å².